The van der Waals surface area contributed by atoms with Crippen molar-refractivity contribution in [2.24, 2.45) is 0 Å². The highest BCUT2D eigenvalue weighted by molar-refractivity contribution is 5.88. The lowest BCUT2D eigenvalue weighted by atomic mass is 10.1. The standard InChI is InChI=1S/C18H23N5O2/c1-22-10-8-15(17(22)24)21-18(25)20-13-16-19-9-12-23(16)11-7-14-5-3-2-4-6-14/h2-6,9,12,15H,7-8,10-11,13H2,1H3,(H2,20,21,25). The van der Waals surface area contributed by atoms with Gasteiger partial charge in [-0.05, 0) is 18.4 Å². The Hall–Kier alpha value is -2.83. The van der Waals surface area contributed by atoms with E-state index in [2.05, 4.69) is 27.8 Å². The largest absolute Gasteiger partial charge is 0.344 e. The number of likely N-dealkylation sites (N-methyl/N-ethyl adjacent to an activating group) is 1. The normalized spacial score (nSPS) is 16.9. The number of imidazole rings is 1. The van der Waals surface area contributed by atoms with Gasteiger partial charge in [0.25, 0.3) is 0 Å². The van der Waals surface area contributed by atoms with Crippen LogP contribution in [0.2, 0.25) is 0 Å². The van der Waals surface area contributed by atoms with Crippen LogP contribution in [0.3, 0.4) is 0 Å². The number of carbonyl (C=O) groups excluding carboxylic acids is 2. The van der Waals surface area contributed by atoms with Gasteiger partial charge in [-0.25, -0.2) is 9.78 Å². The van der Waals surface area contributed by atoms with E-state index >= 15 is 0 Å². The van der Waals surface area contributed by atoms with Crippen LogP contribution in [0.15, 0.2) is 42.7 Å². The fourth-order valence-corrected chi connectivity index (χ4v) is 2.93. The maximum absolute atomic E-state index is 12.0. The van der Waals surface area contributed by atoms with Crippen LogP contribution in [0.1, 0.15) is 17.8 Å². The Morgan fingerprint density at radius 3 is 2.84 bits per heavy atom. The van der Waals surface area contributed by atoms with Crippen molar-refractivity contribution in [2.75, 3.05) is 13.6 Å². The number of nitrogens with one attached hydrogen (secondary N) is 2. The SMILES string of the molecule is CN1CCC(NC(=O)NCc2nccn2CCc2ccccc2)C1=O. The minimum atomic E-state index is -0.428. The fraction of sp³-hybridized carbons (Fsp3) is 0.389. The van der Waals surface area contributed by atoms with Crippen LogP contribution in [0, 0.1) is 0 Å². The van der Waals surface area contributed by atoms with Crippen molar-refractivity contribution in [2.45, 2.75) is 32.0 Å². The Kier molecular flexibility index (Phi) is 5.33. The quantitative estimate of drug-likeness (QED) is 0.827. The highest BCUT2D eigenvalue weighted by Crippen LogP contribution is 2.08. The molecule has 132 valence electrons. The Morgan fingerprint density at radius 1 is 1.32 bits per heavy atom. The summed E-state index contributed by atoms with van der Waals surface area (Å²) in [7, 11) is 1.74. The number of rotatable bonds is 6. The van der Waals surface area contributed by atoms with E-state index in [1.54, 1.807) is 18.1 Å². The second-order valence-corrected chi connectivity index (χ2v) is 6.20. The summed E-state index contributed by atoms with van der Waals surface area (Å²) in [5.74, 6) is 0.750. The maximum Gasteiger partial charge on any atom is 0.315 e. The van der Waals surface area contributed by atoms with Crippen molar-refractivity contribution in [1.29, 1.82) is 0 Å². The molecule has 1 fully saturated rings. The molecule has 0 saturated carbocycles. The van der Waals surface area contributed by atoms with Gasteiger partial charge in [0.05, 0.1) is 6.54 Å². The van der Waals surface area contributed by atoms with Crippen LogP contribution in [-0.4, -0.2) is 46.0 Å². The molecule has 0 aliphatic carbocycles. The van der Waals surface area contributed by atoms with Gasteiger partial charge in [-0.1, -0.05) is 30.3 Å². The number of aromatic nitrogens is 2. The Balaban J connectivity index is 1.48. The zero-order chi connectivity index (χ0) is 17.6. The molecular weight excluding hydrogens is 318 g/mol. The first-order valence-electron chi connectivity index (χ1n) is 8.47. The topological polar surface area (TPSA) is 79.3 Å². The third-order valence-corrected chi connectivity index (χ3v) is 4.43. The van der Waals surface area contributed by atoms with E-state index in [9.17, 15) is 9.59 Å². The van der Waals surface area contributed by atoms with Crippen molar-refractivity contribution in [3.8, 4) is 0 Å². The smallest absolute Gasteiger partial charge is 0.315 e. The van der Waals surface area contributed by atoms with E-state index in [0.29, 0.717) is 19.5 Å². The summed E-state index contributed by atoms with van der Waals surface area (Å²) in [6, 6.07) is 9.47. The van der Waals surface area contributed by atoms with Crippen LogP contribution >= 0.6 is 0 Å². The molecular formula is C18H23N5O2. The number of benzene rings is 1. The Morgan fingerprint density at radius 2 is 2.12 bits per heavy atom. The van der Waals surface area contributed by atoms with Gasteiger partial charge in [0.15, 0.2) is 0 Å². The van der Waals surface area contributed by atoms with Crippen molar-refractivity contribution >= 4 is 11.9 Å². The monoisotopic (exact) mass is 341 g/mol. The van der Waals surface area contributed by atoms with Gasteiger partial charge in [0, 0.05) is 32.5 Å². The van der Waals surface area contributed by atoms with Crippen LogP contribution in [0.25, 0.3) is 0 Å². The molecule has 1 atom stereocenters. The molecule has 2 heterocycles. The number of urea groups is 1. The minimum Gasteiger partial charge on any atom is -0.344 e. The zero-order valence-electron chi connectivity index (χ0n) is 14.3. The minimum absolute atomic E-state index is 0.0421. The van der Waals surface area contributed by atoms with Crippen molar-refractivity contribution in [3.05, 3.63) is 54.1 Å². The average molecular weight is 341 g/mol. The predicted molar refractivity (Wildman–Crippen MR) is 93.8 cm³/mol. The summed E-state index contributed by atoms with van der Waals surface area (Å²) < 4.78 is 2.03. The van der Waals surface area contributed by atoms with Gasteiger partial charge in [-0.3, -0.25) is 4.79 Å². The van der Waals surface area contributed by atoms with Gasteiger partial charge in [0.2, 0.25) is 5.91 Å². The third kappa shape index (κ3) is 4.37. The van der Waals surface area contributed by atoms with Crippen LogP contribution in [-0.2, 0) is 24.3 Å². The molecule has 3 amide bonds. The lowest BCUT2D eigenvalue weighted by molar-refractivity contribution is -0.128. The van der Waals surface area contributed by atoms with E-state index in [4.69, 9.17) is 0 Å². The first-order chi connectivity index (χ1) is 12.1. The number of hydrogen-bond acceptors (Lipinski definition) is 3. The van der Waals surface area contributed by atoms with E-state index in [0.717, 1.165) is 18.8 Å². The molecule has 1 unspecified atom stereocenters. The molecule has 1 aromatic heterocycles. The van der Waals surface area contributed by atoms with E-state index in [1.165, 1.54) is 5.56 Å². The number of aryl methyl sites for hydroxylation is 2. The molecule has 2 aromatic rings. The molecule has 2 N–H and O–H groups in total. The van der Waals surface area contributed by atoms with Gasteiger partial charge >= 0.3 is 6.03 Å². The van der Waals surface area contributed by atoms with Crippen molar-refractivity contribution < 1.29 is 9.59 Å². The highest BCUT2D eigenvalue weighted by atomic mass is 16.2. The van der Waals surface area contributed by atoms with Gasteiger partial charge in [-0.2, -0.15) is 0 Å². The lowest BCUT2D eigenvalue weighted by Gasteiger charge is -2.13. The van der Waals surface area contributed by atoms with E-state index in [1.807, 2.05) is 29.0 Å². The first-order valence-corrected chi connectivity index (χ1v) is 8.47. The first kappa shape index (κ1) is 17.0. The summed E-state index contributed by atoms with van der Waals surface area (Å²) in [5.41, 5.74) is 1.26. The van der Waals surface area contributed by atoms with Crippen LogP contribution in [0.5, 0.6) is 0 Å². The van der Waals surface area contributed by atoms with Gasteiger partial charge < -0.3 is 20.1 Å². The molecule has 25 heavy (non-hydrogen) atoms. The summed E-state index contributed by atoms with van der Waals surface area (Å²) in [4.78, 5) is 29.8. The molecule has 1 aliphatic heterocycles. The second kappa shape index (κ2) is 7.83. The summed E-state index contributed by atoms with van der Waals surface area (Å²) in [6.45, 7) is 1.80. The fourth-order valence-electron chi connectivity index (χ4n) is 2.93. The lowest BCUT2D eigenvalue weighted by Crippen LogP contribution is -2.45. The molecule has 0 radical (unpaired) electrons. The molecule has 7 nitrogen and oxygen atoms in total. The highest BCUT2D eigenvalue weighted by Gasteiger charge is 2.30. The summed E-state index contributed by atoms with van der Waals surface area (Å²) >= 11 is 0. The molecule has 3 rings (SSSR count). The van der Waals surface area contributed by atoms with E-state index < -0.39 is 6.04 Å². The zero-order valence-corrected chi connectivity index (χ0v) is 14.3. The number of amides is 3. The third-order valence-electron chi connectivity index (χ3n) is 4.43. The number of hydrogen-bond donors (Lipinski definition) is 2. The van der Waals surface area contributed by atoms with Crippen LogP contribution < -0.4 is 10.6 Å². The maximum atomic E-state index is 12.0. The van der Waals surface area contributed by atoms with Crippen molar-refractivity contribution in [1.82, 2.24) is 25.1 Å². The average Bonchev–Trinajstić information content (AvgIpc) is 3.20. The Labute approximate surface area is 147 Å². The molecule has 1 aromatic carbocycles. The molecule has 1 saturated heterocycles. The van der Waals surface area contributed by atoms with Gasteiger partial charge in [-0.15, -0.1) is 0 Å². The van der Waals surface area contributed by atoms with Crippen molar-refractivity contribution in [3.63, 3.8) is 0 Å². The summed E-state index contributed by atoms with van der Waals surface area (Å²) in [5, 5.41) is 5.50. The molecule has 7 heteroatoms. The molecule has 1 aliphatic rings. The number of nitrogens with zero attached hydrogens (tertiary/aromatic N) is 3. The summed E-state index contributed by atoms with van der Waals surface area (Å²) in [6.07, 6.45) is 5.19. The number of likely N-dealkylation sites (tertiary alicyclic amines) is 1. The predicted octanol–water partition coefficient (Wildman–Crippen LogP) is 1.16. The number of carbonyl (C=O) groups is 2. The Bertz CT molecular complexity index is 728. The molecule has 0 spiro atoms. The second-order valence-electron chi connectivity index (χ2n) is 6.20. The van der Waals surface area contributed by atoms with E-state index in [-0.39, 0.29) is 11.9 Å². The molecule has 0 bridgehead atoms. The van der Waals surface area contributed by atoms with Gasteiger partial charge in [0.1, 0.15) is 11.9 Å². The van der Waals surface area contributed by atoms with Crippen LogP contribution in [0.4, 0.5) is 4.79 Å².